The molecule has 1 aromatic carbocycles. The Morgan fingerprint density at radius 2 is 2.00 bits per heavy atom. The molecule has 20 heavy (non-hydrogen) atoms. The highest BCUT2D eigenvalue weighted by atomic mass is 35.5. The molecule has 0 bridgehead atoms. The second kappa shape index (κ2) is 6.99. The van der Waals surface area contributed by atoms with E-state index in [1.54, 1.807) is 0 Å². The fraction of sp³-hybridized carbons (Fsp3) is 0.400. The van der Waals surface area contributed by atoms with E-state index in [0.29, 0.717) is 5.56 Å². The van der Waals surface area contributed by atoms with E-state index in [0.717, 1.165) is 0 Å². The molecule has 0 amide bonds. The molecule has 0 fully saturated rings. The number of hydrogen-bond acceptors (Lipinski definition) is 4. The van der Waals surface area contributed by atoms with Crippen molar-refractivity contribution in [3.8, 4) is 0 Å². The Kier molecular flexibility index (Phi) is 6.14. The monoisotopic (exact) mass is 348 g/mol. The number of benzene rings is 1. The van der Waals surface area contributed by atoms with Gasteiger partial charge in [-0.1, -0.05) is 17.7 Å². The maximum absolute atomic E-state index is 11.9. The molecule has 0 radical (unpaired) electrons. The molecule has 0 saturated heterocycles. The van der Waals surface area contributed by atoms with E-state index >= 15 is 0 Å². The minimum atomic E-state index is -4.38. The number of nitrogens with one attached hydrogen (secondary N) is 1. The fourth-order valence-corrected chi connectivity index (χ4v) is 3.23. The van der Waals surface area contributed by atoms with Crippen LogP contribution in [0, 0.1) is 0 Å². The number of rotatable bonds is 6. The minimum absolute atomic E-state index is 0.114. The zero-order valence-corrected chi connectivity index (χ0v) is 12.5. The summed E-state index contributed by atoms with van der Waals surface area (Å²) in [4.78, 5) is -0.114. The Labute approximate surface area is 123 Å². The van der Waals surface area contributed by atoms with Crippen LogP contribution in [0.4, 0.5) is 13.2 Å². The lowest BCUT2D eigenvalue weighted by molar-refractivity contribution is -0.0327. The molecule has 0 atom stereocenters. The van der Waals surface area contributed by atoms with Crippen molar-refractivity contribution in [2.75, 3.05) is 12.3 Å². The van der Waals surface area contributed by atoms with Gasteiger partial charge in [0.05, 0.1) is 4.90 Å². The van der Waals surface area contributed by atoms with Crippen molar-refractivity contribution in [2.24, 2.45) is 5.73 Å². The van der Waals surface area contributed by atoms with Gasteiger partial charge in [-0.15, -0.1) is 0 Å². The van der Waals surface area contributed by atoms with Crippen molar-refractivity contribution in [3.63, 3.8) is 0 Å². The summed E-state index contributed by atoms with van der Waals surface area (Å²) < 4.78 is 61.4. The lowest BCUT2D eigenvalue weighted by Gasteiger charge is -2.09. The largest absolute Gasteiger partial charge is 0.441 e. The zero-order chi connectivity index (χ0) is 15.4. The number of hydrogen-bond donors (Lipinski definition) is 2. The third-order valence-corrected chi connectivity index (χ3v) is 4.76. The summed E-state index contributed by atoms with van der Waals surface area (Å²) >= 11 is 5.54. The van der Waals surface area contributed by atoms with E-state index in [4.69, 9.17) is 17.3 Å². The lowest BCUT2D eigenvalue weighted by atomic mass is 10.2. The zero-order valence-electron chi connectivity index (χ0n) is 10.1. The predicted octanol–water partition coefficient (Wildman–Crippen LogP) is 2.33. The number of alkyl halides is 3. The molecule has 1 rings (SSSR count). The van der Waals surface area contributed by atoms with Crippen molar-refractivity contribution in [1.82, 2.24) is 4.72 Å². The van der Waals surface area contributed by atoms with Crippen molar-refractivity contribution in [1.29, 1.82) is 0 Å². The quantitative estimate of drug-likeness (QED) is 0.774. The first-order valence-corrected chi connectivity index (χ1v) is 8.19. The number of halogens is 4. The average Bonchev–Trinajstić information content (AvgIpc) is 2.33. The first-order chi connectivity index (χ1) is 9.15. The van der Waals surface area contributed by atoms with Crippen molar-refractivity contribution >= 4 is 33.4 Å². The average molecular weight is 349 g/mol. The molecular weight excluding hydrogens is 337 g/mol. The van der Waals surface area contributed by atoms with Crippen LogP contribution in [0.3, 0.4) is 0 Å². The van der Waals surface area contributed by atoms with Gasteiger partial charge in [0.2, 0.25) is 10.0 Å². The summed E-state index contributed by atoms with van der Waals surface area (Å²) in [7, 11) is -3.88. The summed E-state index contributed by atoms with van der Waals surface area (Å²) in [6, 6.07) is 3.97. The van der Waals surface area contributed by atoms with Crippen LogP contribution in [0.1, 0.15) is 5.56 Å². The predicted molar refractivity (Wildman–Crippen MR) is 73.0 cm³/mol. The highest BCUT2D eigenvalue weighted by molar-refractivity contribution is 8.00. The van der Waals surface area contributed by atoms with Gasteiger partial charge < -0.3 is 5.73 Å². The van der Waals surface area contributed by atoms with Gasteiger partial charge in [0, 0.05) is 23.9 Å². The van der Waals surface area contributed by atoms with Crippen molar-refractivity contribution < 1.29 is 21.6 Å². The van der Waals surface area contributed by atoms with Crippen molar-refractivity contribution in [3.05, 3.63) is 28.8 Å². The van der Waals surface area contributed by atoms with Gasteiger partial charge in [0.15, 0.2) is 0 Å². The van der Waals surface area contributed by atoms with Crippen molar-refractivity contribution in [2.45, 2.75) is 16.9 Å². The maximum atomic E-state index is 11.9. The molecule has 0 saturated carbocycles. The fourth-order valence-electron chi connectivity index (χ4n) is 1.29. The van der Waals surface area contributed by atoms with Crippen LogP contribution in [-0.4, -0.2) is 26.2 Å². The van der Waals surface area contributed by atoms with E-state index in [-0.39, 0.29) is 34.8 Å². The maximum Gasteiger partial charge on any atom is 0.441 e. The Morgan fingerprint density at radius 3 is 2.50 bits per heavy atom. The highest BCUT2D eigenvalue weighted by Crippen LogP contribution is 2.29. The van der Waals surface area contributed by atoms with Gasteiger partial charge in [0.1, 0.15) is 0 Å². The Bertz CT molecular complexity index is 564. The second-order valence-electron chi connectivity index (χ2n) is 3.65. The third-order valence-electron chi connectivity index (χ3n) is 2.21. The molecule has 1 aromatic rings. The normalized spacial score (nSPS) is 12.7. The number of nitrogens with two attached hydrogens (primary N) is 1. The smallest absolute Gasteiger partial charge is 0.326 e. The molecular formula is C10H12ClF3N2O2S2. The van der Waals surface area contributed by atoms with Crippen LogP contribution in [0.2, 0.25) is 5.02 Å². The first-order valence-electron chi connectivity index (χ1n) is 5.34. The molecule has 0 heterocycles. The molecule has 0 aliphatic rings. The van der Waals surface area contributed by atoms with Gasteiger partial charge in [-0.3, -0.25) is 0 Å². The van der Waals surface area contributed by atoms with E-state index in [2.05, 4.69) is 4.72 Å². The van der Waals surface area contributed by atoms with Crippen LogP contribution < -0.4 is 10.5 Å². The molecule has 4 nitrogen and oxygen atoms in total. The molecule has 0 aliphatic carbocycles. The number of thioether (sulfide) groups is 1. The van der Waals surface area contributed by atoms with E-state index < -0.39 is 21.3 Å². The van der Waals surface area contributed by atoms with Gasteiger partial charge in [-0.2, -0.15) is 13.2 Å². The molecule has 0 spiro atoms. The lowest BCUT2D eigenvalue weighted by Crippen LogP contribution is -2.26. The van der Waals surface area contributed by atoms with Crippen LogP contribution in [0.25, 0.3) is 0 Å². The van der Waals surface area contributed by atoms with E-state index in [9.17, 15) is 21.6 Å². The molecule has 3 N–H and O–H groups in total. The molecule has 0 aromatic heterocycles. The van der Waals surface area contributed by atoms with Crippen LogP contribution in [0.5, 0.6) is 0 Å². The first kappa shape index (κ1) is 17.6. The summed E-state index contributed by atoms with van der Waals surface area (Å²) in [5.74, 6) is -0.405. The van der Waals surface area contributed by atoms with Gasteiger partial charge in [-0.25, -0.2) is 13.1 Å². The Morgan fingerprint density at radius 1 is 1.35 bits per heavy atom. The summed E-state index contributed by atoms with van der Waals surface area (Å²) in [5.41, 5.74) is 1.59. The third kappa shape index (κ3) is 5.49. The molecule has 114 valence electrons. The number of sulfonamides is 1. The van der Waals surface area contributed by atoms with Crippen LogP contribution in [0.15, 0.2) is 23.1 Å². The SMILES string of the molecule is NCc1ccc(S(=O)(=O)NCCSC(F)(F)F)cc1Cl. The van der Waals surface area contributed by atoms with Gasteiger partial charge >= 0.3 is 5.51 Å². The molecule has 10 heteroatoms. The molecule has 0 unspecified atom stereocenters. The minimum Gasteiger partial charge on any atom is -0.326 e. The topological polar surface area (TPSA) is 72.2 Å². The highest BCUT2D eigenvalue weighted by Gasteiger charge is 2.27. The summed E-state index contributed by atoms with van der Waals surface area (Å²) in [6.45, 7) is -0.169. The van der Waals surface area contributed by atoms with Crippen LogP contribution >= 0.6 is 23.4 Å². The standard InChI is InChI=1S/C10H12ClF3N2O2S2/c11-9-5-8(2-1-7(9)6-15)20(17,18)16-3-4-19-10(12,13)14/h1-2,5,16H,3-4,6,15H2. The summed E-state index contributed by atoms with van der Waals surface area (Å²) in [5, 5.41) is 0.194. The van der Waals surface area contributed by atoms with Gasteiger partial charge in [-0.05, 0) is 29.5 Å². The van der Waals surface area contributed by atoms with Gasteiger partial charge in [0.25, 0.3) is 0 Å². The van der Waals surface area contributed by atoms with E-state index in [1.807, 2.05) is 0 Å². The Balaban J connectivity index is 2.67. The second-order valence-corrected chi connectivity index (χ2v) is 6.98. The summed E-state index contributed by atoms with van der Waals surface area (Å²) in [6.07, 6.45) is 0. The van der Waals surface area contributed by atoms with Crippen LogP contribution in [-0.2, 0) is 16.6 Å². The molecule has 0 aliphatic heterocycles. The Hall–Kier alpha value is -0.480. The van der Waals surface area contributed by atoms with E-state index in [1.165, 1.54) is 18.2 Å².